The van der Waals surface area contributed by atoms with Gasteiger partial charge >= 0.3 is 5.97 Å². The van der Waals surface area contributed by atoms with E-state index in [1.807, 2.05) is 38.1 Å². The summed E-state index contributed by atoms with van der Waals surface area (Å²) in [5, 5.41) is 18.9. The first kappa shape index (κ1) is 22.6. The number of nitrogens with one attached hydrogen (secondary N) is 1. The van der Waals surface area contributed by atoms with Crippen LogP contribution in [0.15, 0.2) is 54.7 Å². The molecule has 0 fully saturated rings. The molecule has 1 amide bonds. The maximum atomic E-state index is 12.9. The number of aryl methyl sites for hydroxylation is 2. The molecule has 4 aromatic rings. The van der Waals surface area contributed by atoms with Crippen LogP contribution in [-0.2, 0) is 4.74 Å². The Bertz CT molecular complexity index is 1430. The molecule has 10 heteroatoms. The van der Waals surface area contributed by atoms with Crippen molar-refractivity contribution in [3.05, 3.63) is 87.1 Å². The summed E-state index contributed by atoms with van der Waals surface area (Å²) in [6.45, 7) is 5.71. The fourth-order valence-corrected chi connectivity index (χ4v) is 3.57. The highest BCUT2D eigenvalue weighted by atomic mass is 16.6. The molecular formula is C24H21N5O5. The van der Waals surface area contributed by atoms with Gasteiger partial charge in [0.1, 0.15) is 5.56 Å². The molecule has 0 radical (unpaired) electrons. The minimum absolute atomic E-state index is 0.0569. The van der Waals surface area contributed by atoms with E-state index in [2.05, 4.69) is 10.4 Å². The van der Waals surface area contributed by atoms with Gasteiger partial charge in [0.25, 0.3) is 11.6 Å². The zero-order valence-corrected chi connectivity index (χ0v) is 18.7. The molecule has 2 aromatic heterocycles. The number of nitrogens with zero attached hydrogens (tertiary/aromatic N) is 4. The second-order valence-electron chi connectivity index (χ2n) is 7.57. The number of aromatic nitrogens is 3. The van der Waals surface area contributed by atoms with E-state index in [0.717, 1.165) is 22.0 Å². The average molecular weight is 459 g/mol. The summed E-state index contributed by atoms with van der Waals surface area (Å²) in [7, 11) is 0. The molecule has 0 spiro atoms. The number of carbonyl (C=O) groups excluding carboxylic acids is 2. The van der Waals surface area contributed by atoms with Crippen molar-refractivity contribution in [1.82, 2.24) is 14.8 Å². The predicted octanol–water partition coefficient (Wildman–Crippen LogP) is 4.37. The molecule has 0 saturated carbocycles. The van der Waals surface area contributed by atoms with Crippen LogP contribution >= 0.6 is 0 Å². The minimum atomic E-state index is -0.651. The maximum absolute atomic E-state index is 12.9. The highest BCUT2D eigenvalue weighted by Gasteiger charge is 2.23. The fourth-order valence-electron chi connectivity index (χ4n) is 3.57. The van der Waals surface area contributed by atoms with Crippen LogP contribution < -0.4 is 5.32 Å². The SMILES string of the molecule is CCOC(=O)c1cnn(-c2cc(C)c3cccc(C)c3n2)c1NC(=O)c1ccc([N+](=O)[O-])cc1. The Morgan fingerprint density at radius 3 is 2.53 bits per heavy atom. The van der Waals surface area contributed by atoms with Gasteiger partial charge in [-0.2, -0.15) is 9.78 Å². The summed E-state index contributed by atoms with van der Waals surface area (Å²) in [6.07, 6.45) is 1.31. The summed E-state index contributed by atoms with van der Waals surface area (Å²) in [4.78, 5) is 40.6. The molecule has 0 aliphatic heterocycles. The van der Waals surface area contributed by atoms with E-state index < -0.39 is 16.8 Å². The Labute approximate surface area is 194 Å². The summed E-state index contributed by atoms with van der Waals surface area (Å²) in [6, 6.07) is 12.8. The van der Waals surface area contributed by atoms with Crippen molar-refractivity contribution in [2.75, 3.05) is 11.9 Å². The van der Waals surface area contributed by atoms with Gasteiger partial charge in [0.05, 0.1) is 23.2 Å². The zero-order chi connectivity index (χ0) is 24.4. The first-order valence-corrected chi connectivity index (χ1v) is 10.5. The van der Waals surface area contributed by atoms with Crippen molar-refractivity contribution in [2.24, 2.45) is 0 Å². The van der Waals surface area contributed by atoms with Crippen LogP contribution in [0.25, 0.3) is 16.7 Å². The third-order valence-electron chi connectivity index (χ3n) is 5.29. The lowest BCUT2D eigenvalue weighted by atomic mass is 10.1. The zero-order valence-electron chi connectivity index (χ0n) is 18.7. The van der Waals surface area contributed by atoms with E-state index in [-0.39, 0.29) is 29.2 Å². The second-order valence-corrected chi connectivity index (χ2v) is 7.57. The number of anilines is 1. The number of carbonyl (C=O) groups is 2. The number of ether oxygens (including phenoxy) is 1. The normalized spacial score (nSPS) is 10.8. The number of nitro benzene ring substituents is 1. The number of benzene rings is 2. The van der Waals surface area contributed by atoms with Gasteiger partial charge in [-0.05, 0) is 50.1 Å². The quantitative estimate of drug-likeness (QED) is 0.257. The van der Waals surface area contributed by atoms with Gasteiger partial charge < -0.3 is 10.1 Å². The van der Waals surface area contributed by atoms with E-state index in [1.165, 1.54) is 35.1 Å². The highest BCUT2D eigenvalue weighted by molar-refractivity contribution is 6.07. The van der Waals surface area contributed by atoms with Gasteiger partial charge in [0.2, 0.25) is 0 Å². The molecule has 1 N–H and O–H groups in total. The van der Waals surface area contributed by atoms with Crippen LogP contribution in [0.1, 0.15) is 38.8 Å². The Balaban J connectivity index is 1.80. The number of nitro groups is 1. The third-order valence-corrected chi connectivity index (χ3v) is 5.29. The van der Waals surface area contributed by atoms with Crippen molar-refractivity contribution in [3.8, 4) is 5.82 Å². The predicted molar refractivity (Wildman–Crippen MR) is 125 cm³/mol. The van der Waals surface area contributed by atoms with Crippen molar-refractivity contribution >= 4 is 34.3 Å². The Hall–Kier alpha value is -4.60. The first-order valence-electron chi connectivity index (χ1n) is 10.5. The number of fused-ring (bicyclic) bond motifs is 1. The molecule has 0 atom stereocenters. The number of hydrogen-bond donors (Lipinski definition) is 1. The van der Waals surface area contributed by atoms with Gasteiger partial charge in [0, 0.05) is 23.1 Å². The van der Waals surface area contributed by atoms with Gasteiger partial charge in [0.15, 0.2) is 11.6 Å². The summed E-state index contributed by atoms with van der Waals surface area (Å²) >= 11 is 0. The molecule has 2 aromatic carbocycles. The molecule has 0 unspecified atom stereocenters. The lowest BCUT2D eigenvalue weighted by Crippen LogP contribution is -2.18. The van der Waals surface area contributed by atoms with Gasteiger partial charge in [-0.1, -0.05) is 18.2 Å². The number of pyridine rings is 1. The third kappa shape index (κ3) is 4.20. The molecule has 0 saturated heterocycles. The average Bonchev–Trinajstić information content (AvgIpc) is 3.23. The fraction of sp³-hybridized carbons (Fsp3) is 0.167. The van der Waals surface area contributed by atoms with Crippen molar-refractivity contribution < 1.29 is 19.2 Å². The molecule has 10 nitrogen and oxygen atoms in total. The lowest BCUT2D eigenvalue weighted by molar-refractivity contribution is -0.384. The molecule has 172 valence electrons. The molecule has 2 heterocycles. The van der Waals surface area contributed by atoms with Crippen molar-refractivity contribution in [2.45, 2.75) is 20.8 Å². The van der Waals surface area contributed by atoms with Crippen LogP contribution in [-0.4, -0.2) is 38.2 Å². The number of hydrogen-bond acceptors (Lipinski definition) is 7. The van der Waals surface area contributed by atoms with E-state index in [1.54, 1.807) is 6.92 Å². The molecular weight excluding hydrogens is 438 g/mol. The van der Waals surface area contributed by atoms with Crippen LogP contribution in [0.3, 0.4) is 0 Å². The van der Waals surface area contributed by atoms with E-state index in [4.69, 9.17) is 9.72 Å². The molecule has 0 aliphatic carbocycles. The highest BCUT2D eigenvalue weighted by Crippen LogP contribution is 2.26. The largest absolute Gasteiger partial charge is 0.462 e. The molecule has 34 heavy (non-hydrogen) atoms. The van der Waals surface area contributed by atoms with Crippen LogP contribution in [0.4, 0.5) is 11.5 Å². The minimum Gasteiger partial charge on any atom is -0.462 e. The van der Waals surface area contributed by atoms with Gasteiger partial charge in [-0.3, -0.25) is 14.9 Å². The topological polar surface area (TPSA) is 129 Å². The van der Waals surface area contributed by atoms with Crippen molar-refractivity contribution in [3.63, 3.8) is 0 Å². The monoisotopic (exact) mass is 459 g/mol. The smallest absolute Gasteiger partial charge is 0.343 e. The first-order chi connectivity index (χ1) is 16.3. The summed E-state index contributed by atoms with van der Waals surface area (Å²) in [5.74, 6) is -0.729. The molecule has 0 aliphatic rings. The summed E-state index contributed by atoms with van der Waals surface area (Å²) < 4.78 is 6.49. The number of para-hydroxylation sites is 1. The van der Waals surface area contributed by atoms with E-state index in [9.17, 15) is 19.7 Å². The van der Waals surface area contributed by atoms with E-state index >= 15 is 0 Å². The number of non-ortho nitro benzene ring substituents is 1. The maximum Gasteiger partial charge on any atom is 0.343 e. The van der Waals surface area contributed by atoms with E-state index in [0.29, 0.717) is 5.82 Å². The molecule has 4 rings (SSSR count). The Morgan fingerprint density at radius 2 is 1.85 bits per heavy atom. The number of amides is 1. The molecule has 0 bridgehead atoms. The Kier molecular flexibility index (Phi) is 6.05. The van der Waals surface area contributed by atoms with Crippen LogP contribution in [0.5, 0.6) is 0 Å². The van der Waals surface area contributed by atoms with Crippen LogP contribution in [0, 0.1) is 24.0 Å². The standard InChI is InChI=1S/C24H21N5O5/c1-4-34-24(31)19-13-25-28(20-12-15(3)18-7-5-6-14(2)21(18)26-20)22(19)27-23(30)16-8-10-17(11-9-16)29(32)33/h5-13H,4H2,1-3H3,(H,27,30). The van der Waals surface area contributed by atoms with Gasteiger partial charge in [-0.25, -0.2) is 9.78 Å². The number of esters is 1. The lowest BCUT2D eigenvalue weighted by Gasteiger charge is -2.13. The second kappa shape index (κ2) is 9.10. The van der Waals surface area contributed by atoms with Gasteiger partial charge in [-0.15, -0.1) is 0 Å². The van der Waals surface area contributed by atoms with Crippen LogP contribution in [0.2, 0.25) is 0 Å². The summed E-state index contributed by atoms with van der Waals surface area (Å²) in [5.41, 5.74) is 2.78. The van der Waals surface area contributed by atoms with Crippen molar-refractivity contribution in [1.29, 1.82) is 0 Å². The number of rotatable bonds is 6. The Morgan fingerprint density at radius 1 is 1.12 bits per heavy atom.